The van der Waals surface area contributed by atoms with Crippen LogP contribution in [0.2, 0.25) is 0 Å². The van der Waals surface area contributed by atoms with Crippen LogP contribution in [0.25, 0.3) is 0 Å². The molecule has 0 radical (unpaired) electrons. The molecule has 44 valence electrons. The standard InChI is InChI=1S/C4H5NO3/c5-3(1-2-6)4(7)8/h1,3H,5H2,(H,7,8)/t3-/m0/s1. The molecule has 0 saturated heterocycles. The first kappa shape index (κ1) is 6.88. The molecule has 0 aromatic rings. The summed E-state index contributed by atoms with van der Waals surface area (Å²) in [6, 6.07) is -1.22. The van der Waals surface area contributed by atoms with Gasteiger partial charge in [-0.1, -0.05) is 0 Å². The molecule has 3 N–H and O–H groups in total. The van der Waals surface area contributed by atoms with Gasteiger partial charge in [-0.25, -0.2) is 4.79 Å². The fourth-order valence-electron chi connectivity index (χ4n) is 0.145. The van der Waals surface area contributed by atoms with E-state index < -0.39 is 12.0 Å². The minimum absolute atomic E-state index is 0.738. The first-order valence-electron chi connectivity index (χ1n) is 1.88. The molecule has 0 bridgehead atoms. The molecular weight excluding hydrogens is 110 g/mol. The number of carboxylic acids is 1. The average Bonchev–Trinajstić information content (AvgIpc) is 1.67. The Morgan fingerprint density at radius 1 is 1.88 bits per heavy atom. The summed E-state index contributed by atoms with van der Waals surface area (Å²) < 4.78 is 0. The van der Waals surface area contributed by atoms with Crippen LogP contribution in [0.5, 0.6) is 0 Å². The quantitative estimate of drug-likeness (QED) is 0.442. The summed E-state index contributed by atoms with van der Waals surface area (Å²) in [5.41, 5.74) is 4.81. The molecule has 0 aromatic carbocycles. The molecule has 0 aliphatic rings. The summed E-state index contributed by atoms with van der Waals surface area (Å²) in [7, 11) is 0. The number of nitrogens with two attached hydrogens (primary N) is 1. The molecule has 0 spiro atoms. The molecule has 0 rings (SSSR count). The fourth-order valence-corrected chi connectivity index (χ4v) is 0.145. The van der Waals surface area contributed by atoms with E-state index in [4.69, 9.17) is 10.8 Å². The van der Waals surface area contributed by atoms with E-state index in [-0.39, 0.29) is 0 Å². The molecule has 0 unspecified atom stereocenters. The van der Waals surface area contributed by atoms with Crippen molar-refractivity contribution in [2.75, 3.05) is 0 Å². The van der Waals surface area contributed by atoms with E-state index in [9.17, 15) is 9.59 Å². The molecule has 4 heteroatoms. The lowest BCUT2D eigenvalue weighted by Crippen LogP contribution is -2.27. The Kier molecular flexibility index (Phi) is 2.54. The van der Waals surface area contributed by atoms with Crippen molar-refractivity contribution >= 4 is 11.9 Å². The molecule has 8 heavy (non-hydrogen) atoms. The maximum absolute atomic E-state index is 9.75. The van der Waals surface area contributed by atoms with Gasteiger partial charge in [-0.05, 0) is 0 Å². The normalized spacial score (nSPS) is 11.6. The first-order valence-corrected chi connectivity index (χ1v) is 1.88. The largest absolute Gasteiger partial charge is 0.480 e. The lowest BCUT2D eigenvalue weighted by Gasteiger charge is -1.91. The van der Waals surface area contributed by atoms with Gasteiger partial charge in [-0.2, -0.15) is 0 Å². The molecule has 0 saturated carbocycles. The van der Waals surface area contributed by atoms with Gasteiger partial charge in [0.05, 0.1) is 0 Å². The number of hydrogen-bond acceptors (Lipinski definition) is 3. The van der Waals surface area contributed by atoms with Crippen molar-refractivity contribution in [2.24, 2.45) is 5.73 Å². The van der Waals surface area contributed by atoms with Gasteiger partial charge in [0.1, 0.15) is 12.0 Å². The van der Waals surface area contributed by atoms with Crippen molar-refractivity contribution in [3.8, 4) is 0 Å². The fraction of sp³-hybridized carbons (Fsp3) is 0.250. The van der Waals surface area contributed by atoms with Crippen LogP contribution in [-0.2, 0) is 9.59 Å². The number of carbonyl (C=O) groups excluding carboxylic acids is 1. The molecule has 0 aromatic heterocycles. The van der Waals surface area contributed by atoms with E-state index in [1.54, 1.807) is 0 Å². The molecule has 4 nitrogen and oxygen atoms in total. The Hall–Kier alpha value is -1.12. The van der Waals surface area contributed by atoms with Gasteiger partial charge in [0.2, 0.25) is 0 Å². The summed E-state index contributed by atoms with van der Waals surface area (Å²) in [4.78, 5) is 19.1. The van der Waals surface area contributed by atoms with Gasteiger partial charge in [-0.15, -0.1) is 0 Å². The van der Waals surface area contributed by atoms with Crippen LogP contribution in [-0.4, -0.2) is 23.1 Å². The van der Waals surface area contributed by atoms with E-state index in [1.165, 1.54) is 5.94 Å². The van der Waals surface area contributed by atoms with Crippen LogP contribution in [0.4, 0.5) is 0 Å². The zero-order valence-corrected chi connectivity index (χ0v) is 4.00. The number of carboxylic acid groups (broad SMARTS) is 1. The third kappa shape index (κ3) is 2.12. The van der Waals surface area contributed by atoms with Gasteiger partial charge in [0.25, 0.3) is 0 Å². The highest BCUT2D eigenvalue weighted by atomic mass is 16.4. The lowest BCUT2D eigenvalue weighted by atomic mass is 10.3. The molecule has 0 aliphatic carbocycles. The second-order valence-corrected chi connectivity index (χ2v) is 1.15. The number of aliphatic carboxylic acids is 1. The summed E-state index contributed by atoms with van der Waals surface area (Å²) in [5.74, 6) is 0.0396. The maximum Gasteiger partial charge on any atom is 0.325 e. The van der Waals surface area contributed by atoms with E-state index in [0.717, 1.165) is 6.08 Å². The average molecular weight is 115 g/mol. The van der Waals surface area contributed by atoms with E-state index in [0.29, 0.717) is 0 Å². The van der Waals surface area contributed by atoms with E-state index >= 15 is 0 Å². The van der Waals surface area contributed by atoms with Crippen molar-refractivity contribution in [3.05, 3.63) is 6.08 Å². The molecular formula is C4H5NO3. The highest BCUT2D eigenvalue weighted by Crippen LogP contribution is 1.74. The first-order chi connectivity index (χ1) is 3.68. The summed E-state index contributed by atoms with van der Waals surface area (Å²) >= 11 is 0. The molecule has 1 atom stereocenters. The van der Waals surface area contributed by atoms with Crippen LogP contribution >= 0.6 is 0 Å². The Balaban J connectivity index is 3.82. The van der Waals surface area contributed by atoms with Gasteiger partial charge in [0, 0.05) is 6.08 Å². The van der Waals surface area contributed by atoms with Crippen molar-refractivity contribution < 1.29 is 14.7 Å². The van der Waals surface area contributed by atoms with Crippen molar-refractivity contribution in [2.45, 2.75) is 6.04 Å². The van der Waals surface area contributed by atoms with Crippen molar-refractivity contribution in [1.29, 1.82) is 0 Å². The number of carbonyl (C=O) groups is 1. The highest BCUT2D eigenvalue weighted by molar-refractivity contribution is 5.78. The zero-order chi connectivity index (χ0) is 6.57. The Bertz CT molecular complexity index is 134. The number of hydrogen-bond donors (Lipinski definition) is 2. The Labute approximate surface area is 45.6 Å². The van der Waals surface area contributed by atoms with E-state index in [2.05, 4.69) is 0 Å². The maximum atomic E-state index is 9.75. The van der Waals surface area contributed by atoms with Crippen LogP contribution in [0.3, 0.4) is 0 Å². The minimum Gasteiger partial charge on any atom is -0.480 e. The predicted molar refractivity (Wildman–Crippen MR) is 25.9 cm³/mol. The second-order valence-electron chi connectivity index (χ2n) is 1.15. The monoisotopic (exact) mass is 115 g/mol. The summed E-state index contributed by atoms with van der Waals surface area (Å²) in [6.07, 6.45) is 0.738. The van der Waals surface area contributed by atoms with Crippen LogP contribution in [0, 0.1) is 0 Å². The zero-order valence-electron chi connectivity index (χ0n) is 4.00. The number of rotatable bonds is 2. The Morgan fingerprint density at radius 2 is 2.38 bits per heavy atom. The summed E-state index contributed by atoms with van der Waals surface area (Å²) in [5, 5.41) is 7.98. The minimum atomic E-state index is -1.23. The second kappa shape index (κ2) is 2.96. The van der Waals surface area contributed by atoms with Gasteiger partial charge < -0.3 is 10.8 Å². The van der Waals surface area contributed by atoms with Crippen LogP contribution in [0.1, 0.15) is 0 Å². The molecule has 0 heterocycles. The topological polar surface area (TPSA) is 80.4 Å². The van der Waals surface area contributed by atoms with Crippen molar-refractivity contribution in [1.82, 2.24) is 0 Å². The van der Waals surface area contributed by atoms with Gasteiger partial charge >= 0.3 is 5.97 Å². The van der Waals surface area contributed by atoms with Gasteiger partial charge in [-0.3, -0.25) is 4.79 Å². The van der Waals surface area contributed by atoms with Crippen LogP contribution < -0.4 is 5.73 Å². The molecule has 0 aliphatic heterocycles. The van der Waals surface area contributed by atoms with Crippen LogP contribution in [0.15, 0.2) is 6.08 Å². The lowest BCUT2D eigenvalue weighted by molar-refractivity contribution is -0.137. The Morgan fingerprint density at radius 3 is 2.50 bits per heavy atom. The highest BCUT2D eigenvalue weighted by Gasteiger charge is 2.05. The SMILES string of the molecule is N[C@@H](C=C=O)C(=O)O. The van der Waals surface area contributed by atoms with Crippen molar-refractivity contribution in [3.63, 3.8) is 0 Å². The third-order valence-corrected chi connectivity index (χ3v) is 0.533. The molecule has 0 fully saturated rings. The van der Waals surface area contributed by atoms with E-state index in [1.807, 2.05) is 0 Å². The predicted octanol–water partition coefficient (Wildman–Crippen LogP) is -1.21. The van der Waals surface area contributed by atoms with Gasteiger partial charge in [0.15, 0.2) is 0 Å². The summed E-state index contributed by atoms with van der Waals surface area (Å²) in [6.45, 7) is 0. The smallest absolute Gasteiger partial charge is 0.325 e. The third-order valence-electron chi connectivity index (χ3n) is 0.533. The molecule has 0 amide bonds.